The lowest BCUT2D eigenvalue weighted by atomic mass is 10.3. The Morgan fingerprint density at radius 3 is 2.48 bits per heavy atom. The van der Waals surface area contributed by atoms with Crippen LogP contribution in [0, 0.1) is 0 Å². The van der Waals surface area contributed by atoms with E-state index in [0.717, 1.165) is 6.42 Å². The van der Waals surface area contributed by atoms with Crippen molar-refractivity contribution in [3.8, 4) is 0 Å². The van der Waals surface area contributed by atoms with Gasteiger partial charge in [0, 0.05) is 19.7 Å². The van der Waals surface area contributed by atoms with Crippen molar-refractivity contribution in [1.82, 2.24) is 15.3 Å². The zero-order valence-electron chi connectivity index (χ0n) is 12.0. The molecule has 1 aromatic rings. The molecule has 0 aliphatic carbocycles. The van der Waals surface area contributed by atoms with E-state index >= 15 is 0 Å². The number of carbonyl (C=O) groups is 1. The first-order chi connectivity index (χ1) is 9.77. The largest absolute Gasteiger partial charge is 0.451 e. The third-order valence-corrected chi connectivity index (χ3v) is 2.54. The van der Waals surface area contributed by atoms with Gasteiger partial charge in [-0.25, -0.2) is 9.97 Å². The Morgan fingerprint density at radius 2 is 1.95 bits per heavy atom. The molecule has 0 aromatic carbocycles. The average Bonchev–Trinajstić information content (AvgIpc) is 2.43. The first-order valence-corrected chi connectivity index (χ1v) is 6.46. The molecule has 0 bridgehead atoms. The second-order valence-corrected chi connectivity index (χ2v) is 4.37. The Morgan fingerprint density at radius 1 is 1.33 bits per heavy atom. The third kappa shape index (κ3) is 5.09. The van der Waals surface area contributed by atoms with Gasteiger partial charge in [-0.15, -0.1) is 0 Å². The number of hydrogen-bond donors (Lipinski definition) is 3. The van der Waals surface area contributed by atoms with Gasteiger partial charge in [-0.2, -0.15) is 13.2 Å². The van der Waals surface area contributed by atoms with Crippen molar-refractivity contribution in [2.75, 3.05) is 24.2 Å². The monoisotopic (exact) mass is 305 g/mol. The summed E-state index contributed by atoms with van der Waals surface area (Å²) in [7, 11) is 1.45. The highest BCUT2D eigenvalue weighted by Crippen LogP contribution is 2.28. The fraction of sp³-hybridized carbons (Fsp3) is 0.583. The number of rotatable bonds is 6. The van der Waals surface area contributed by atoms with E-state index in [1.807, 2.05) is 6.92 Å². The molecule has 1 heterocycles. The van der Waals surface area contributed by atoms with Crippen molar-refractivity contribution in [2.45, 2.75) is 32.5 Å². The maximum atomic E-state index is 12.7. The Labute approximate surface area is 120 Å². The zero-order valence-corrected chi connectivity index (χ0v) is 12.0. The SMILES string of the molecule is CCCNC(=O)C(C)Nc1cc(NC)nc(C(F)(F)F)n1. The first-order valence-electron chi connectivity index (χ1n) is 6.46. The molecule has 1 unspecified atom stereocenters. The van der Waals surface area contributed by atoms with Crippen LogP contribution >= 0.6 is 0 Å². The summed E-state index contributed by atoms with van der Waals surface area (Å²) in [6.07, 6.45) is -3.88. The van der Waals surface area contributed by atoms with Crippen LogP contribution in [0.3, 0.4) is 0 Å². The normalized spacial score (nSPS) is 12.7. The van der Waals surface area contributed by atoms with Crippen LogP contribution in [0.4, 0.5) is 24.8 Å². The fourth-order valence-corrected chi connectivity index (χ4v) is 1.46. The predicted molar refractivity (Wildman–Crippen MR) is 73.0 cm³/mol. The molecule has 0 aliphatic heterocycles. The van der Waals surface area contributed by atoms with Crippen LogP contribution in [0.25, 0.3) is 0 Å². The Kier molecular flexibility index (Phi) is 5.74. The number of alkyl halides is 3. The maximum absolute atomic E-state index is 12.7. The molecule has 0 saturated heterocycles. The highest BCUT2D eigenvalue weighted by atomic mass is 19.4. The van der Waals surface area contributed by atoms with Crippen molar-refractivity contribution in [1.29, 1.82) is 0 Å². The molecular formula is C12H18F3N5O. The summed E-state index contributed by atoms with van der Waals surface area (Å²) >= 11 is 0. The summed E-state index contributed by atoms with van der Waals surface area (Å²) in [5.41, 5.74) is 0. The highest BCUT2D eigenvalue weighted by molar-refractivity contribution is 5.83. The summed E-state index contributed by atoms with van der Waals surface area (Å²) in [4.78, 5) is 18.4. The minimum atomic E-state index is -4.66. The quantitative estimate of drug-likeness (QED) is 0.747. The number of aromatic nitrogens is 2. The van der Waals surface area contributed by atoms with Crippen LogP contribution in [-0.2, 0) is 11.0 Å². The summed E-state index contributed by atoms with van der Waals surface area (Å²) in [6.45, 7) is 3.95. The van der Waals surface area contributed by atoms with Gasteiger partial charge in [0.15, 0.2) is 0 Å². The standard InChI is InChI=1S/C12H18F3N5O/c1-4-5-17-10(21)7(2)18-9-6-8(16-3)19-11(20-9)12(13,14)15/h6-7H,4-5H2,1-3H3,(H,17,21)(H2,16,18,19,20). The summed E-state index contributed by atoms with van der Waals surface area (Å²) in [5, 5.41) is 7.80. The number of nitrogens with zero attached hydrogens (tertiary/aromatic N) is 2. The number of anilines is 2. The summed E-state index contributed by atoms with van der Waals surface area (Å²) < 4.78 is 38.1. The molecule has 9 heteroatoms. The van der Waals surface area contributed by atoms with Gasteiger partial charge in [0.2, 0.25) is 11.7 Å². The lowest BCUT2D eigenvalue weighted by molar-refractivity contribution is -0.144. The number of hydrogen-bond acceptors (Lipinski definition) is 5. The zero-order chi connectivity index (χ0) is 16.0. The van der Waals surface area contributed by atoms with Gasteiger partial charge in [0.05, 0.1) is 0 Å². The number of carbonyl (C=O) groups excluding carboxylic acids is 1. The minimum absolute atomic E-state index is 0.0148. The van der Waals surface area contributed by atoms with Crippen molar-refractivity contribution < 1.29 is 18.0 Å². The molecule has 1 amide bonds. The molecule has 6 nitrogen and oxygen atoms in total. The van der Waals surface area contributed by atoms with Gasteiger partial charge in [-0.3, -0.25) is 4.79 Å². The Balaban J connectivity index is 2.89. The lowest BCUT2D eigenvalue weighted by Crippen LogP contribution is -2.38. The molecule has 0 spiro atoms. The van der Waals surface area contributed by atoms with Crippen molar-refractivity contribution >= 4 is 17.5 Å². The van der Waals surface area contributed by atoms with Crippen molar-refractivity contribution in [3.05, 3.63) is 11.9 Å². The minimum Gasteiger partial charge on any atom is -0.373 e. The molecule has 0 saturated carbocycles. The van der Waals surface area contributed by atoms with Gasteiger partial charge in [0.25, 0.3) is 0 Å². The molecule has 1 aromatic heterocycles. The highest BCUT2D eigenvalue weighted by Gasteiger charge is 2.35. The summed E-state index contributed by atoms with van der Waals surface area (Å²) in [5.74, 6) is -1.63. The van der Waals surface area contributed by atoms with Gasteiger partial charge in [-0.1, -0.05) is 6.92 Å². The van der Waals surface area contributed by atoms with E-state index in [0.29, 0.717) is 6.54 Å². The molecule has 118 valence electrons. The second kappa shape index (κ2) is 7.09. The van der Waals surface area contributed by atoms with E-state index in [1.54, 1.807) is 6.92 Å². The van der Waals surface area contributed by atoms with E-state index in [9.17, 15) is 18.0 Å². The molecule has 1 rings (SSSR count). The fourth-order valence-electron chi connectivity index (χ4n) is 1.46. The van der Waals surface area contributed by atoms with Crippen LogP contribution in [0.15, 0.2) is 6.07 Å². The maximum Gasteiger partial charge on any atom is 0.451 e. The van der Waals surface area contributed by atoms with E-state index < -0.39 is 18.0 Å². The van der Waals surface area contributed by atoms with Crippen LogP contribution in [0.2, 0.25) is 0 Å². The summed E-state index contributed by atoms with van der Waals surface area (Å²) in [6, 6.07) is 0.594. The Hall–Kier alpha value is -2.06. The predicted octanol–water partition coefficient (Wildman–Crippen LogP) is 1.86. The average molecular weight is 305 g/mol. The van der Waals surface area contributed by atoms with Crippen LogP contribution in [0.5, 0.6) is 0 Å². The van der Waals surface area contributed by atoms with Gasteiger partial charge in [0.1, 0.15) is 17.7 Å². The molecule has 21 heavy (non-hydrogen) atoms. The second-order valence-electron chi connectivity index (χ2n) is 4.37. The van der Waals surface area contributed by atoms with Gasteiger partial charge < -0.3 is 16.0 Å². The number of halogens is 3. The smallest absolute Gasteiger partial charge is 0.373 e. The topological polar surface area (TPSA) is 78.9 Å². The van der Waals surface area contributed by atoms with Crippen LogP contribution in [0.1, 0.15) is 26.1 Å². The van der Waals surface area contributed by atoms with E-state index in [4.69, 9.17) is 0 Å². The Bertz CT molecular complexity index is 492. The molecular weight excluding hydrogens is 287 g/mol. The molecule has 0 fully saturated rings. The lowest BCUT2D eigenvalue weighted by Gasteiger charge is -2.16. The van der Waals surface area contributed by atoms with Crippen molar-refractivity contribution in [2.24, 2.45) is 0 Å². The van der Waals surface area contributed by atoms with E-state index in [2.05, 4.69) is 25.9 Å². The molecule has 1 atom stereocenters. The molecule has 0 aliphatic rings. The van der Waals surface area contributed by atoms with Gasteiger partial charge >= 0.3 is 6.18 Å². The van der Waals surface area contributed by atoms with Crippen LogP contribution < -0.4 is 16.0 Å². The molecule has 0 radical (unpaired) electrons. The first kappa shape index (κ1) is 17.0. The van der Waals surface area contributed by atoms with Crippen LogP contribution in [-0.4, -0.2) is 35.5 Å². The van der Waals surface area contributed by atoms with E-state index in [-0.39, 0.29) is 17.5 Å². The number of amides is 1. The van der Waals surface area contributed by atoms with Gasteiger partial charge in [-0.05, 0) is 13.3 Å². The number of nitrogens with one attached hydrogen (secondary N) is 3. The molecule has 3 N–H and O–H groups in total. The van der Waals surface area contributed by atoms with E-state index in [1.165, 1.54) is 13.1 Å². The van der Waals surface area contributed by atoms with Crippen molar-refractivity contribution in [3.63, 3.8) is 0 Å². The third-order valence-electron chi connectivity index (χ3n) is 2.54.